The summed E-state index contributed by atoms with van der Waals surface area (Å²) in [4.78, 5) is -0.0199. The lowest BCUT2D eigenvalue weighted by Gasteiger charge is -2.12. The Balaban J connectivity index is 2.50. The molecule has 8 heteroatoms. The van der Waals surface area contributed by atoms with Crippen LogP contribution in [-0.2, 0) is 17.1 Å². The molecule has 1 heterocycles. The number of methoxy groups -OCH3 is 1. The van der Waals surface area contributed by atoms with Crippen LogP contribution in [0.1, 0.15) is 11.3 Å². The number of nitrogens with two attached hydrogens (primary N) is 1. The number of nitrogens with zero attached hydrogens (tertiary/aromatic N) is 2. The zero-order chi connectivity index (χ0) is 15.8. The average Bonchev–Trinajstić information content (AvgIpc) is 2.63. The van der Waals surface area contributed by atoms with Crippen LogP contribution in [0.2, 0.25) is 0 Å². The Labute approximate surface area is 123 Å². The third kappa shape index (κ3) is 2.80. The number of ether oxygens (including phenoxy) is 1. The molecule has 0 aliphatic carbocycles. The van der Waals surface area contributed by atoms with Crippen LogP contribution >= 0.6 is 0 Å². The lowest BCUT2D eigenvalue weighted by Crippen LogP contribution is -2.16. The zero-order valence-electron chi connectivity index (χ0n) is 12.3. The number of nitrogens with one attached hydrogen (secondary N) is 1. The number of hydrogen-bond acceptors (Lipinski definition) is 5. The van der Waals surface area contributed by atoms with Gasteiger partial charge in [0, 0.05) is 7.05 Å². The van der Waals surface area contributed by atoms with E-state index in [1.165, 1.54) is 11.8 Å². The summed E-state index contributed by atoms with van der Waals surface area (Å²) in [5.41, 5.74) is 7.43. The first-order valence-corrected chi connectivity index (χ1v) is 7.71. The molecule has 7 nitrogen and oxygen atoms in total. The van der Waals surface area contributed by atoms with Gasteiger partial charge in [-0.25, -0.2) is 8.42 Å². The normalized spacial score (nSPS) is 11.4. The molecule has 1 aromatic heterocycles. The fraction of sp³-hybridized carbons (Fsp3) is 0.308. The summed E-state index contributed by atoms with van der Waals surface area (Å²) >= 11 is 0. The maximum absolute atomic E-state index is 12.5. The Morgan fingerprint density at radius 1 is 1.33 bits per heavy atom. The molecule has 0 bridgehead atoms. The maximum atomic E-state index is 12.5. The number of sulfonamides is 1. The summed E-state index contributed by atoms with van der Waals surface area (Å²) in [6.07, 6.45) is 0. The van der Waals surface area contributed by atoms with Crippen molar-refractivity contribution in [3.8, 4) is 5.75 Å². The van der Waals surface area contributed by atoms with E-state index >= 15 is 0 Å². The SMILES string of the molecule is COc1ccc(C)cc1NS(=O)(=O)c1c(N)nn(C)c1C. The lowest BCUT2D eigenvalue weighted by molar-refractivity contribution is 0.417. The van der Waals surface area contributed by atoms with Gasteiger partial charge >= 0.3 is 0 Å². The first-order chi connectivity index (χ1) is 9.76. The van der Waals surface area contributed by atoms with Gasteiger partial charge in [0.1, 0.15) is 5.75 Å². The van der Waals surface area contributed by atoms with Crippen molar-refractivity contribution in [2.24, 2.45) is 7.05 Å². The molecule has 0 amide bonds. The van der Waals surface area contributed by atoms with Crippen molar-refractivity contribution in [1.82, 2.24) is 9.78 Å². The molecule has 0 spiro atoms. The van der Waals surface area contributed by atoms with E-state index in [0.717, 1.165) is 5.56 Å². The van der Waals surface area contributed by atoms with Gasteiger partial charge in [0.2, 0.25) is 0 Å². The van der Waals surface area contributed by atoms with Crippen LogP contribution < -0.4 is 15.2 Å². The molecule has 21 heavy (non-hydrogen) atoms. The van der Waals surface area contributed by atoms with E-state index in [2.05, 4.69) is 9.82 Å². The summed E-state index contributed by atoms with van der Waals surface area (Å²) in [5, 5.41) is 3.92. The maximum Gasteiger partial charge on any atom is 0.267 e. The van der Waals surface area contributed by atoms with E-state index in [-0.39, 0.29) is 10.7 Å². The van der Waals surface area contributed by atoms with E-state index in [4.69, 9.17) is 10.5 Å². The first-order valence-electron chi connectivity index (χ1n) is 6.23. The topological polar surface area (TPSA) is 99.2 Å². The molecule has 2 aromatic rings. The van der Waals surface area contributed by atoms with Gasteiger partial charge in [0.25, 0.3) is 10.0 Å². The summed E-state index contributed by atoms with van der Waals surface area (Å²) in [6.45, 7) is 3.51. The largest absolute Gasteiger partial charge is 0.495 e. The zero-order valence-corrected chi connectivity index (χ0v) is 13.2. The van der Waals surface area contributed by atoms with E-state index in [9.17, 15) is 8.42 Å². The highest BCUT2D eigenvalue weighted by atomic mass is 32.2. The van der Waals surface area contributed by atoms with Crippen LogP contribution in [-0.4, -0.2) is 25.3 Å². The fourth-order valence-corrected chi connectivity index (χ4v) is 3.43. The standard InChI is InChI=1S/C13H18N4O3S/c1-8-5-6-11(20-4)10(7-8)16-21(18,19)12-9(2)17(3)15-13(12)14/h5-7,16H,1-4H3,(H2,14,15). The van der Waals surface area contributed by atoms with Gasteiger partial charge in [-0.15, -0.1) is 0 Å². The molecule has 0 unspecified atom stereocenters. The highest BCUT2D eigenvalue weighted by Crippen LogP contribution is 2.30. The van der Waals surface area contributed by atoms with E-state index < -0.39 is 10.0 Å². The van der Waals surface area contributed by atoms with Crippen molar-refractivity contribution in [3.05, 3.63) is 29.5 Å². The quantitative estimate of drug-likeness (QED) is 0.890. The Morgan fingerprint density at radius 3 is 2.52 bits per heavy atom. The summed E-state index contributed by atoms with van der Waals surface area (Å²) in [6, 6.07) is 5.23. The number of aryl methyl sites for hydroxylation is 2. The van der Waals surface area contributed by atoms with Gasteiger partial charge in [0.05, 0.1) is 18.5 Å². The summed E-state index contributed by atoms with van der Waals surface area (Å²) < 4.78 is 34.2. The molecule has 1 aromatic carbocycles. The number of aromatic nitrogens is 2. The third-order valence-corrected chi connectivity index (χ3v) is 4.70. The fourth-order valence-electron chi connectivity index (χ4n) is 2.04. The van der Waals surface area contributed by atoms with Gasteiger partial charge in [-0.1, -0.05) is 6.07 Å². The van der Waals surface area contributed by atoms with Crippen LogP contribution in [0.5, 0.6) is 5.75 Å². The molecule has 3 N–H and O–H groups in total. The Bertz CT molecular complexity index is 781. The second kappa shape index (κ2) is 5.28. The van der Waals surface area contributed by atoms with Crippen LogP contribution in [0.3, 0.4) is 0 Å². The lowest BCUT2D eigenvalue weighted by atomic mass is 10.2. The van der Waals surface area contributed by atoms with Crippen molar-refractivity contribution in [3.63, 3.8) is 0 Å². The van der Waals surface area contributed by atoms with Gasteiger partial charge in [-0.3, -0.25) is 9.40 Å². The van der Waals surface area contributed by atoms with Crippen molar-refractivity contribution >= 4 is 21.5 Å². The van der Waals surface area contributed by atoms with Crippen LogP contribution in [0.15, 0.2) is 23.1 Å². The number of hydrogen-bond donors (Lipinski definition) is 2. The van der Waals surface area contributed by atoms with Crippen molar-refractivity contribution in [2.75, 3.05) is 17.6 Å². The van der Waals surface area contributed by atoms with Crippen LogP contribution in [0.25, 0.3) is 0 Å². The monoisotopic (exact) mass is 310 g/mol. The summed E-state index contributed by atoms with van der Waals surface area (Å²) in [7, 11) is -0.726. The molecule has 0 saturated carbocycles. The Hall–Kier alpha value is -2.22. The predicted molar refractivity (Wildman–Crippen MR) is 80.9 cm³/mol. The second-order valence-electron chi connectivity index (χ2n) is 4.73. The van der Waals surface area contributed by atoms with Crippen molar-refractivity contribution in [2.45, 2.75) is 18.7 Å². The van der Waals surface area contributed by atoms with Crippen molar-refractivity contribution < 1.29 is 13.2 Å². The van der Waals surface area contributed by atoms with Gasteiger partial charge in [-0.05, 0) is 31.5 Å². The first kappa shape index (κ1) is 15.2. The van der Waals surface area contributed by atoms with E-state index in [1.54, 1.807) is 26.1 Å². The molecule has 114 valence electrons. The number of anilines is 2. The van der Waals surface area contributed by atoms with Gasteiger partial charge < -0.3 is 10.5 Å². The minimum absolute atomic E-state index is 0.0199. The Kier molecular flexibility index (Phi) is 3.82. The molecule has 0 aliphatic rings. The highest BCUT2D eigenvalue weighted by Gasteiger charge is 2.25. The average molecular weight is 310 g/mol. The second-order valence-corrected chi connectivity index (χ2v) is 6.35. The minimum atomic E-state index is -3.84. The molecule has 0 atom stereocenters. The molecule has 0 radical (unpaired) electrons. The van der Waals surface area contributed by atoms with E-state index in [0.29, 0.717) is 17.1 Å². The molecular weight excluding hydrogens is 292 g/mol. The van der Waals surface area contributed by atoms with Crippen molar-refractivity contribution in [1.29, 1.82) is 0 Å². The molecule has 0 aliphatic heterocycles. The highest BCUT2D eigenvalue weighted by molar-refractivity contribution is 7.93. The Morgan fingerprint density at radius 2 is 2.00 bits per heavy atom. The van der Waals surface area contributed by atoms with Crippen LogP contribution in [0.4, 0.5) is 11.5 Å². The third-order valence-electron chi connectivity index (χ3n) is 3.17. The summed E-state index contributed by atoms with van der Waals surface area (Å²) in [5.74, 6) is 0.401. The van der Waals surface area contributed by atoms with Gasteiger partial charge in [-0.2, -0.15) is 5.10 Å². The smallest absolute Gasteiger partial charge is 0.267 e. The molecule has 0 saturated heterocycles. The van der Waals surface area contributed by atoms with E-state index in [1.807, 2.05) is 13.0 Å². The minimum Gasteiger partial charge on any atom is -0.495 e. The predicted octanol–water partition coefficient (Wildman–Crippen LogP) is 1.43. The van der Waals surface area contributed by atoms with Gasteiger partial charge in [0.15, 0.2) is 10.7 Å². The van der Waals surface area contributed by atoms with Crippen LogP contribution in [0, 0.1) is 13.8 Å². The number of benzene rings is 1. The molecule has 0 fully saturated rings. The molecular formula is C13H18N4O3S. The molecule has 2 rings (SSSR count). The number of rotatable bonds is 4. The number of nitrogen functional groups attached to an aromatic ring is 1.